The first-order valence-electron chi connectivity index (χ1n) is 5.25. The summed E-state index contributed by atoms with van der Waals surface area (Å²) in [6.45, 7) is 0. The molecule has 0 saturated heterocycles. The van der Waals surface area contributed by atoms with Gasteiger partial charge < -0.3 is 4.98 Å². The van der Waals surface area contributed by atoms with E-state index in [2.05, 4.69) is 20.2 Å². The first kappa shape index (κ1) is 12.0. The first-order chi connectivity index (χ1) is 8.66. The Labute approximate surface area is 119 Å². The van der Waals surface area contributed by atoms with E-state index < -0.39 is 0 Å². The van der Waals surface area contributed by atoms with Crippen LogP contribution in [0, 0.1) is 3.57 Å². The number of H-pyrrole nitrogens is 2. The average molecular weight is 377 g/mol. The van der Waals surface area contributed by atoms with Crippen LogP contribution in [0.5, 0.6) is 0 Å². The fourth-order valence-corrected chi connectivity index (χ4v) is 3.05. The molecule has 2 aromatic rings. The van der Waals surface area contributed by atoms with Gasteiger partial charge in [-0.05, 0) is 47.2 Å². The SMILES string of the molecule is O=c1[nH]cnc(Sc2n[nH]c(=O)n2C2CC2)c1I. The highest BCUT2D eigenvalue weighted by atomic mass is 127. The minimum atomic E-state index is -0.208. The molecule has 0 atom stereocenters. The van der Waals surface area contributed by atoms with E-state index in [-0.39, 0.29) is 17.3 Å². The Morgan fingerprint density at radius 3 is 2.94 bits per heavy atom. The molecule has 0 aliphatic heterocycles. The zero-order valence-electron chi connectivity index (χ0n) is 9.01. The van der Waals surface area contributed by atoms with Gasteiger partial charge in [-0.25, -0.2) is 14.9 Å². The van der Waals surface area contributed by atoms with Crippen molar-refractivity contribution in [3.63, 3.8) is 0 Å². The second-order valence-electron chi connectivity index (χ2n) is 3.87. The summed E-state index contributed by atoms with van der Waals surface area (Å²) in [6.07, 6.45) is 3.33. The van der Waals surface area contributed by atoms with Crippen molar-refractivity contribution in [3.8, 4) is 0 Å². The standard InChI is InChI=1S/C9H8IN5O2S/c10-5-6(16)11-3-12-7(5)18-9-14-13-8(17)15(9)4-1-2-4/h3-4H,1-2H2,(H,13,17)(H,11,12,16). The predicted octanol–water partition coefficient (Wildman–Crippen LogP) is 0.745. The quantitative estimate of drug-likeness (QED) is 0.608. The number of aromatic nitrogens is 5. The molecule has 2 N–H and O–H groups in total. The van der Waals surface area contributed by atoms with Crippen molar-refractivity contribution in [1.82, 2.24) is 24.7 Å². The van der Waals surface area contributed by atoms with Gasteiger partial charge in [-0.3, -0.25) is 9.36 Å². The molecule has 2 aromatic heterocycles. The molecular weight excluding hydrogens is 369 g/mol. The number of rotatable bonds is 3. The Morgan fingerprint density at radius 1 is 1.44 bits per heavy atom. The van der Waals surface area contributed by atoms with Gasteiger partial charge in [0, 0.05) is 6.04 Å². The van der Waals surface area contributed by atoms with Crippen LogP contribution in [0.2, 0.25) is 0 Å². The summed E-state index contributed by atoms with van der Waals surface area (Å²) in [5.41, 5.74) is -0.399. The molecule has 2 heterocycles. The highest BCUT2D eigenvalue weighted by Crippen LogP contribution is 2.37. The number of hydrogen-bond donors (Lipinski definition) is 2. The summed E-state index contributed by atoms with van der Waals surface area (Å²) >= 11 is 3.16. The van der Waals surface area contributed by atoms with Crippen molar-refractivity contribution in [2.75, 3.05) is 0 Å². The number of nitrogens with one attached hydrogen (secondary N) is 2. The van der Waals surface area contributed by atoms with Gasteiger partial charge in [-0.2, -0.15) is 0 Å². The molecule has 9 heteroatoms. The Hall–Kier alpha value is -1.10. The van der Waals surface area contributed by atoms with Crippen molar-refractivity contribution in [2.45, 2.75) is 29.1 Å². The molecule has 3 rings (SSSR count). The molecule has 0 aromatic carbocycles. The van der Waals surface area contributed by atoms with E-state index in [9.17, 15) is 9.59 Å². The van der Waals surface area contributed by atoms with Crippen molar-refractivity contribution in [1.29, 1.82) is 0 Å². The van der Waals surface area contributed by atoms with Crippen LogP contribution >= 0.6 is 34.4 Å². The third-order valence-corrected chi connectivity index (χ3v) is 4.88. The molecule has 0 unspecified atom stereocenters. The lowest BCUT2D eigenvalue weighted by Gasteiger charge is -2.03. The maximum atomic E-state index is 11.6. The smallest absolute Gasteiger partial charge is 0.312 e. The minimum absolute atomic E-state index is 0.191. The summed E-state index contributed by atoms with van der Waals surface area (Å²) in [4.78, 5) is 29.6. The van der Waals surface area contributed by atoms with Crippen LogP contribution in [0.4, 0.5) is 0 Å². The van der Waals surface area contributed by atoms with Crippen molar-refractivity contribution in [3.05, 3.63) is 30.7 Å². The third kappa shape index (κ3) is 2.11. The second kappa shape index (κ2) is 4.53. The van der Waals surface area contributed by atoms with E-state index in [1.165, 1.54) is 18.1 Å². The molecule has 0 radical (unpaired) electrons. The second-order valence-corrected chi connectivity index (χ2v) is 5.90. The van der Waals surface area contributed by atoms with Gasteiger partial charge in [0.15, 0.2) is 5.16 Å². The molecule has 0 bridgehead atoms. The van der Waals surface area contributed by atoms with Crippen LogP contribution in [0.15, 0.2) is 26.1 Å². The van der Waals surface area contributed by atoms with E-state index in [0.717, 1.165) is 12.8 Å². The van der Waals surface area contributed by atoms with E-state index >= 15 is 0 Å². The van der Waals surface area contributed by atoms with Crippen LogP contribution in [0.25, 0.3) is 0 Å². The van der Waals surface area contributed by atoms with Gasteiger partial charge >= 0.3 is 5.69 Å². The van der Waals surface area contributed by atoms with Gasteiger partial charge in [-0.1, -0.05) is 0 Å². The van der Waals surface area contributed by atoms with E-state index in [0.29, 0.717) is 13.8 Å². The van der Waals surface area contributed by atoms with E-state index in [1.54, 1.807) is 4.57 Å². The largest absolute Gasteiger partial charge is 0.344 e. The summed E-state index contributed by atoms with van der Waals surface area (Å²) in [6, 6.07) is 0.235. The van der Waals surface area contributed by atoms with Gasteiger partial charge in [0.2, 0.25) is 0 Å². The Kier molecular flexibility index (Phi) is 3.01. The summed E-state index contributed by atoms with van der Waals surface area (Å²) < 4.78 is 2.13. The molecule has 1 fully saturated rings. The maximum absolute atomic E-state index is 11.6. The summed E-state index contributed by atoms with van der Waals surface area (Å²) in [5, 5.41) is 7.52. The monoisotopic (exact) mass is 377 g/mol. The van der Waals surface area contributed by atoms with Crippen LogP contribution in [-0.4, -0.2) is 24.7 Å². The first-order valence-corrected chi connectivity index (χ1v) is 7.14. The van der Waals surface area contributed by atoms with Gasteiger partial charge in [0.25, 0.3) is 5.56 Å². The molecular formula is C9H8IN5O2S. The normalized spacial score (nSPS) is 14.9. The Balaban J connectivity index is 2.00. The molecule has 1 aliphatic rings. The van der Waals surface area contributed by atoms with Crippen molar-refractivity contribution >= 4 is 34.4 Å². The molecule has 0 spiro atoms. The predicted molar refractivity (Wildman–Crippen MR) is 72.8 cm³/mol. The van der Waals surface area contributed by atoms with Crippen LogP contribution in [0.1, 0.15) is 18.9 Å². The fourth-order valence-electron chi connectivity index (χ4n) is 1.54. The molecule has 1 aliphatic carbocycles. The zero-order chi connectivity index (χ0) is 12.7. The van der Waals surface area contributed by atoms with Crippen molar-refractivity contribution < 1.29 is 0 Å². The third-order valence-electron chi connectivity index (χ3n) is 2.54. The minimum Gasteiger partial charge on any atom is -0.312 e. The van der Waals surface area contributed by atoms with Crippen LogP contribution < -0.4 is 11.2 Å². The highest BCUT2D eigenvalue weighted by Gasteiger charge is 2.29. The van der Waals surface area contributed by atoms with E-state index in [4.69, 9.17) is 0 Å². The summed E-state index contributed by atoms with van der Waals surface area (Å²) in [7, 11) is 0. The fraction of sp³-hybridized carbons (Fsp3) is 0.333. The number of hydrogen-bond acceptors (Lipinski definition) is 5. The molecule has 0 amide bonds. The molecule has 7 nitrogen and oxygen atoms in total. The average Bonchev–Trinajstić information content (AvgIpc) is 3.11. The summed E-state index contributed by atoms with van der Waals surface area (Å²) in [5.74, 6) is 0. The van der Waals surface area contributed by atoms with Crippen LogP contribution in [0.3, 0.4) is 0 Å². The number of halogens is 1. The van der Waals surface area contributed by atoms with Gasteiger partial charge in [0.05, 0.1) is 6.33 Å². The lowest BCUT2D eigenvalue weighted by atomic mass is 10.7. The number of aromatic amines is 2. The Morgan fingerprint density at radius 2 is 2.22 bits per heavy atom. The maximum Gasteiger partial charge on any atom is 0.344 e. The van der Waals surface area contributed by atoms with Gasteiger partial charge in [-0.15, -0.1) is 5.10 Å². The number of nitrogens with zero attached hydrogens (tertiary/aromatic N) is 3. The molecule has 94 valence electrons. The Bertz CT molecular complexity index is 701. The molecule has 1 saturated carbocycles. The lowest BCUT2D eigenvalue weighted by molar-refractivity contribution is 0.642. The van der Waals surface area contributed by atoms with Crippen LogP contribution in [-0.2, 0) is 0 Å². The van der Waals surface area contributed by atoms with Gasteiger partial charge in [0.1, 0.15) is 8.60 Å². The lowest BCUT2D eigenvalue weighted by Crippen LogP contribution is -2.16. The zero-order valence-corrected chi connectivity index (χ0v) is 12.0. The van der Waals surface area contributed by atoms with E-state index in [1.807, 2.05) is 22.6 Å². The van der Waals surface area contributed by atoms with Crippen molar-refractivity contribution in [2.24, 2.45) is 0 Å². The topological polar surface area (TPSA) is 96.4 Å². The molecule has 18 heavy (non-hydrogen) atoms. The highest BCUT2D eigenvalue weighted by molar-refractivity contribution is 14.1.